The molecular weight excluding hydrogens is 411 g/mol. The Labute approximate surface area is 184 Å². The molecule has 0 aliphatic carbocycles. The van der Waals surface area contributed by atoms with E-state index in [0.29, 0.717) is 47.5 Å². The summed E-state index contributed by atoms with van der Waals surface area (Å²) in [6, 6.07) is 12.7. The van der Waals surface area contributed by atoms with Crippen molar-refractivity contribution in [3.8, 4) is 0 Å². The second-order valence-corrected chi connectivity index (χ2v) is 7.41. The van der Waals surface area contributed by atoms with Crippen LogP contribution in [0, 0.1) is 12.7 Å². The zero-order valence-corrected chi connectivity index (χ0v) is 17.8. The molecule has 9 heteroatoms. The third kappa shape index (κ3) is 4.66. The molecule has 1 aromatic heterocycles. The van der Waals surface area contributed by atoms with Gasteiger partial charge in [0.25, 0.3) is 5.91 Å². The van der Waals surface area contributed by atoms with Crippen molar-refractivity contribution in [2.24, 2.45) is 0 Å². The van der Waals surface area contributed by atoms with Gasteiger partial charge in [-0.25, -0.2) is 9.37 Å². The molecule has 1 aliphatic rings. The Balaban J connectivity index is 1.40. The fourth-order valence-corrected chi connectivity index (χ4v) is 3.39. The number of fused-ring (bicyclic) bond motifs is 1. The van der Waals surface area contributed by atoms with Crippen LogP contribution in [0.5, 0.6) is 0 Å². The summed E-state index contributed by atoms with van der Waals surface area (Å²) in [5.41, 5.74) is 3.34. The molecule has 0 fully saturated rings. The molecule has 0 unspecified atom stereocenters. The molecule has 2 amide bonds. The van der Waals surface area contributed by atoms with E-state index in [1.54, 1.807) is 12.1 Å². The summed E-state index contributed by atoms with van der Waals surface area (Å²) >= 11 is 0. The molecule has 1 aliphatic heterocycles. The number of likely N-dealkylation sites (N-methyl/N-ethyl adjacent to an activating group) is 1. The van der Waals surface area contributed by atoms with Crippen molar-refractivity contribution in [2.45, 2.75) is 20.4 Å². The first-order chi connectivity index (χ1) is 15.4. The first-order valence-corrected chi connectivity index (χ1v) is 10.3. The van der Waals surface area contributed by atoms with Gasteiger partial charge in [0.15, 0.2) is 5.82 Å². The molecule has 0 radical (unpaired) electrons. The number of benzene rings is 2. The van der Waals surface area contributed by atoms with Gasteiger partial charge in [0.1, 0.15) is 11.5 Å². The molecule has 2 aromatic carbocycles. The zero-order valence-electron chi connectivity index (χ0n) is 17.8. The van der Waals surface area contributed by atoms with Crippen molar-refractivity contribution in [1.82, 2.24) is 9.97 Å². The number of hydrogen-bond donors (Lipinski definition) is 3. The predicted octanol–water partition coefficient (Wildman–Crippen LogP) is 3.57. The van der Waals surface area contributed by atoms with Crippen molar-refractivity contribution in [2.75, 3.05) is 33.9 Å². The van der Waals surface area contributed by atoms with Gasteiger partial charge in [-0.05, 0) is 55.8 Å². The van der Waals surface area contributed by atoms with Gasteiger partial charge in [-0.3, -0.25) is 9.59 Å². The Kier molecular flexibility index (Phi) is 5.98. The Hall–Kier alpha value is -4.01. The topological polar surface area (TPSA) is 99.3 Å². The van der Waals surface area contributed by atoms with Crippen LogP contribution in [0.25, 0.3) is 0 Å². The Morgan fingerprint density at radius 1 is 1.12 bits per heavy atom. The molecule has 4 rings (SSSR count). The largest absolute Gasteiger partial charge is 0.350 e. The first kappa shape index (κ1) is 21.2. The smallest absolute Gasteiger partial charge is 0.255 e. The van der Waals surface area contributed by atoms with Gasteiger partial charge < -0.3 is 20.9 Å². The molecule has 0 atom stereocenters. The molecule has 3 aromatic rings. The maximum atomic E-state index is 13.0. The first-order valence-electron chi connectivity index (χ1n) is 10.3. The number of carbonyl (C=O) groups is 2. The van der Waals surface area contributed by atoms with E-state index in [2.05, 4.69) is 25.9 Å². The number of carbonyl (C=O) groups excluding carboxylic acids is 2. The van der Waals surface area contributed by atoms with Gasteiger partial charge in [0.05, 0.1) is 12.2 Å². The second kappa shape index (κ2) is 9.01. The average Bonchev–Trinajstić information content (AvgIpc) is 2.79. The van der Waals surface area contributed by atoms with Crippen LogP contribution in [0.3, 0.4) is 0 Å². The van der Waals surface area contributed by atoms with Gasteiger partial charge in [-0.2, -0.15) is 4.98 Å². The number of aryl methyl sites for hydroxylation is 1. The van der Waals surface area contributed by atoms with E-state index < -0.39 is 0 Å². The van der Waals surface area contributed by atoms with Crippen LogP contribution < -0.4 is 20.9 Å². The van der Waals surface area contributed by atoms with E-state index in [0.717, 1.165) is 5.56 Å². The van der Waals surface area contributed by atoms with E-state index in [-0.39, 0.29) is 24.2 Å². The standard InChI is InChI=1S/C23H23FN6O2/c1-3-30-13-19(31)28-20-14(2)26-23(29-21(20)30)25-12-15-4-10-18(11-5-15)27-22(32)16-6-8-17(24)9-7-16/h4-11H,3,12-13H2,1-2H3,(H,27,32)(H,28,31)(H,25,26,29). The molecule has 0 bridgehead atoms. The summed E-state index contributed by atoms with van der Waals surface area (Å²) in [5.74, 6) is 0.425. The third-order valence-electron chi connectivity index (χ3n) is 5.12. The Bertz CT molecular complexity index is 1150. The van der Waals surface area contributed by atoms with Crippen LogP contribution in [0.1, 0.15) is 28.5 Å². The summed E-state index contributed by atoms with van der Waals surface area (Å²) in [5, 5.41) is 8.85. The van der Waals surface area contributed by atoms with Crippen LogP contribution in [-0.2, 0) is 11.3 Å². The fraction of sp³-hybridized carbons (Fsp3) is 0.217. The lowest BCUT2D eigenvalue weighted by Crippen LogP contribution is -2.39. The average molecular weight is 434 g/mol. The number of nitrogens with zero attached hydrogens (tertiary/aromatic N) is 3. The van der Waals surface area contributed by atoms with E-state index in [9.17, 15) is 14.0 Å². The number of anilines is 4. The van der Waals surface area contributed by atoms with Gasteiger partial charge in [-0.15, -0.1) is 0 Å². The van der Waals surface area contributed by atoms with Crippen LogP contribution in [0.2, 0.25) is 0 Å². The lowest BCUT2D eigenvalue weighted by molar-refractivity contribution is -0.115. The lowest BCUT2D eigenvalue weighted by Gasteiger charge is -2.29. The summed E-state index contributed by atoms with van der Waals surface area (Å²) in [6.07, 6.45) is 0. The third-order valence-corrected chi connectivity index (χ3v) is 5.12. The fourth-order valence-electron chi connectivity index (χ4n) is 3.39. The van der Waals surface area contributed by atoms with E-state index in [1.165, 1.54) is 24.3 Å². The molecule has 0 spiro atoms. The van der Waals surface area contributed by atoms with Crippen LogP contribution >= 0.6 is 0 Å². The molecule has 3 N–H and O–H groups in total. The van der Waals surface area contributed by atoms with E-state index in [1.807, 2.05) is 30.9 Å². The molecular formula is C23H23FN6O2. The number of halogens is 1. The number of nitrogens with one attached hydrogen (secondary N) is 3. The molecule has 2 heterocycles. The van der Waals surface area contributed by atoms with Gasteiger partial charge in [-0.1, -0.05) is 12.1 Å². The minimum Gasteiger partial charge on any atom is -0.350 e. The molecule has 32 heavy (non-hydrogen) atoms. The minimum atomic E-state index is -0.386. The van der Waals surface area contributed by atoms with E-state index in [4.69, 9.17) is 0 Å². The predicted molar refractivity (Wildman–Crippen MR) is 121 cm³/mol. The van der Waals surface area contributed by atoms with Crippen LogP contribution in [0.4, 0.5) is 27.5 Å². The summed E-state index contributed by atoms with van der Waals surface area (Å²) < 4.78 is 13.0. The normalized spacial score (nSPS) is 12.7. The Morgan fingerprint density at radius 2 is 1.84 bits per heavy atom. The number of rotatable bonds is 6. The van der Waals surface area contributed by atoms with Gasteiger partial charge in [0.2, 0.25) is 11.9 Å². The zero-order chi connectivity index (χ0) is 22.7. The highest BCUT2D eigenvalue weighted by Crippen LogP contribution is 2.30. The summed E-state index contributed by atoms with van der Waals surface area (Å²) in [6.45, 7) is 5.24. The van der Waals surface area contributed by atoms with Crippen molar-refractivity contribution >= 4 is 35.0 Å². The molecule has 0 saturated heterocycles. The molecule has 0 saturated carbocycles. The summed E-state index contributed by atoms with van der Waals surface area (Å²) in [7, 11) is 0. The highest BCUT2D eigenvalue weighted by Gasteiger charge is 2.25. The molecule has 8 nitrogen and oxygen atoms in total. The van der Waals surface area contributed by atoms with Crippen molar-refractivity contribution in [1.29, 1.82) is 0 Å². The van der Waals surface area contributed by atoms with Crippen molar-refractivity contribution in [3.05, 3.63) is 71.2 Å². The maximum absolute atomic E-state index is 13.0. The molecule has 164 valence electrons. The quantitative estimate of drug-likeness (QED) is 0.549. The van der Waals surface area contributed by atoms with Crippen molar-refractivity contribution < 1.29 is 14.0 Å². The highest BCUT2D eigenvalue weighted by atomic mass is 19.1. The monoisotopic (exact) mass is 434 g/mol. The lowest BCUT2D eigenvalue weighted by atomic mass is 10.2. The minimum absolute atomic E-state index is 0.0710. The van der Waals surface area contributed by atoms with Crippen LogP contribution in [0.15, 0.2) is 48.5 Å². The van der Waals surface area contributed by atoms with Crippen molar-refractivity contribution in [3.63, 3.8) is 0 Å². The maximum Gasteiger partial charge on any atom is 0.255 e. The number of hydrogen-bond acceptors (Lipinski definition) is 6. The summed E-state index contributed by atoms with van der Waals surface area (Å²) in [4.78, 5) is 35.1. The van der Waals surface area contributed by atoms with E-state index >= 15 is 0 Å². The Morgan fingerprint density at radius 3 is 2.53 bits per heavy atom. The van der Waals surface area contributed by atoms with Gasteiger partial charge >= 0.3 is 0 Å². The van der Waals surface area contributed by atoms with Gasteiger partial charge in [0, 0.05) is 24.3 Å². The SMILES string of the molecule is CCN1CC(=O)Nc2c(C)nc(NCc3ccc(NC(=O)c4ccc(F)cc4)cc3)nc21. The number of aromatic nitrogens is 2. The highest BCUT2D eigenvalue weighted by molar-refractivity contribution is 6.04. The second-order valence-electron chi connectivity index (χ2n) is 7.41. The van der Waals surface area contributed by atoms with Crippen LogP contribution in [-0.4, -0.2) is 34.9 Å². The number of amides is 2.